The van der Waals surface area contributed by atoms with Crippen molar-refractivity contribution in [3.8, 4) is 5.75 Å². The van der Waals surface area contributed by atoms with E-state index in [4.69, 9.17) is 9.73 Å². The number of guanidine groups is 1. The number of aliphatic hydroxyl groups is 1. The minimum absolute atomic E-state index is 0.302. The van der Waals surface area contributed by atoms with Crippen LogP contribution in [0, 0.1) is 5.82 Å². The van der Waals surface area contributed by atoms with E-state index in [1.807, 2.05) is 19.1 Å². The first-order valence-corrected chi connectivity index (χ1v) is 9.95. The normalized spacial score (nSPS) is 14.8. The minimum atomic E-state index is -0.387. The Kier molecular flexibility index (Phi) is 7.30. The first-order chi connectivity index (χ1) is 14.1. The zero-order valence-electron chi connectivity index (χ0n) is 17.1. The fraction of sp³-hybridized carbons (Fsp3) is 0.409. The molecule has 156 valence electrons. The van der Waals surface area contributed by atoms with Gasteiger partial charge in [0.15, 0.2) is 5.96 Å². The first-order valence-electron chi connectivity index (χ1n) is 9.95. The number of hydrogen-bond donors (Lipinski definition) is 2. The average Bonchev–Trinajstić information content (AvgIpc) is 2.77. The van der Waals surface area contributed by atoms with Crippen molar-refractivity contribution in [2.75, 3.05) is 44.7 Å². The average molecular weight is 400 g/mol. The summed E-state index contributed by atoms with van der Waals surface area (Å²) >= 11 is 0. The third kappa shape index (κ3) is 5.38. The number of piperazine rings is 1. The van der Waals surface area contributed by atoms with E-state index >= 15 is 0 Å². The molecule has 3 rings (SSSR count). The van der Waals surface area contributed by atoms with Gasteiger partial charge in [-0.2, -0.15) is 0 Å². The molecule has 1 heterocycles. The van der Waals surface area contributed by atoms with Crippen LogP contribution in [0.5, 0.6) is 5.75 Å². The van der Waals surface area contributed by atoms with Gasteiger partial charge < -0.3 is 25.0 Å². The molecule has 0 unspecified atom stereocenters. The molecule has 1 aliphatic heterocycles. The van der Waals surface area contributed by atoms with Crippen LogP contribution >= 0.6 is 0 Å². The number of aliphatic hydroxyl groups excluding tert-OH is 1. The number of halogens is 1. The van der Waals surface area contributed by atoms with Crippen LogP contribution in [-0.4, -0.2) is 55.8 Å². The van der Waals surface area contributed by atoms with Crippen molar-refractivity contribution in [2.45, 2.75) is 20.1 Å². The van der Waals surface area contributed by atoms with E-state index in [2.05, 4.69) is 27.2 Å². The van der Waals surface area contributed by atoms with Crippen LogP contribution in [0.4, 0.5) is 10.1 Å². The van der Waals surface area contributed by atoms with Crippen LogP contribution in [0.15, 0.2) is 47.5 Å². The number of benzene rings is 2. The quantitative estimate of drug-likeness (QED) is 0.577. The lowest BCUT2D eigenvalue weighted by Crippen LogP contribution is -2.52. The Labute approximate surface area is 171 Å². The Bertz CT molecular complexity index is 818. The Morgan fingerprint density at radius 2 is 1.86 bits per heavy atom. The SMILES string of the molecule is CCNC(=NCc1ccc(F)c(CO)c1)N1CCN(c2ccc(OC)cc2)CC1. The predicted octanol–water partition coefficient (Wildman–Crippen LogP) is 2.61. The van der Waals surface area contributed by atoms with E-state index in [-0.39, 0.29) is 12.4 Å². The summed E-state index contributed by atoms with van der Waals surface area (Å²) in [6, 6.07) is 12.9. The third-order valence-corrected chi connectivity index (χ3v) is 5.04. The Morgan fingerprint density at radius 3 is 2.48 bits per heavy atom. The van der Waals surface area contributed by atoms with Gasteiger partial charge in [0.2, 0.25) is 0 Å². The summed E-state index contributed by atoms with van der Waals surface area (Å²) in [6.07, 6.45) is 0. The molecule has 2 aromatic rings. The van der Waals surface area contributed by atoms with Crippen molar-refractivity contribution in [1.82, 2.24) is 10.2 Å². The molecule has 7 heteroatoms. The maximum absolute atomic E-state index is 13.6. The monoisotopic (exact) mass is 400 g/mol. The maximum Gasteiger partial charge on any atom is 0.194 e. The number of anilines is 1. The Balaban J connectivity index is 1.63. The van der Waals surface area contributed by atoms with E-state index < -0.39 is 0 Å². The number of nitrogens with zero attached hydrogens (tertiary/aromatic N) is 3. The highest BCUT2D eigenvalue weighted by Crippen LogP contribution is 2.20. The van der Waals surface area contributed by atoms with Crippen molar-refractivity contribution in [3.63, 3.8) is 0 Å². The molecule has 0 amide bonds. The highest BCUT2D eigenvalue weighted by Gasteiger charge is 2.20. The zero-order valence-corrected chi connectivity index (χ0v) is 17.1. The molecule has 0 spiro atoms. The second-order valence-electron chi connectivity index (χ2n) is 6.93. The van der Waals surface area contributed by atoms with Crippen LogP contribution in [0.1, 0.15) is 18.1 Å². The van der Waals surface area contributed by atoms with Gasteiger partial charge in [-0.15, -0.1) is 0 Å². The highest BCUT2D eigenvalue weighted by atomic mass is 19.1. The number of rotatable bonds is 6. The van der Waals surface area contributed by atoms with Crippen molar-refractivity contribution < 1.29 is 14.2 Å². The second-order valence-corrected chi connectivity index (χ2v) is 6.93. The third-order valence-electron chi connectivity index (χ3n) is 5.04. The van der Waals surface area contributed by atoms with Gasteiger partial charge in [-0.25, -0.2) is 9.38 Å². The van der Waals surface area contributed by atoms with Crippen LogP contribution in [-0.2, 0) is 13.2 Å². The fourth-order valence-electron chi connectivity index (χ4n) is 3.41. The lowest BCUT2D eigenvalue weighted by atomic mass is 10.1. The predicted molar refractivity (Wildman–Crippen MR) is 114 cm³/mol. The molecule has 0 bridgehead atoms. The highest BCUT2D eigenvalue weighted by molar-refractivity contribution is 5.80. The van der Waals surface area contributed by atoms with Crippen molar-refractivity contribution >= 4 is 11.6 Å². The summed E-state index contributed by atoms with van der Waals surface area (Å²) < 4.78 is 18.8. The molecule has 0 saturated carbocycles. The molecule has 1 saturated heterocycles. The smallest absolute Gasteiger partial charge is 0.194 e. The number of nitrogens with one attached hydrogen (secondary N) is 1. The number of hydrogen-bond acceptors (Lipinski definition) is 4. The summed E-state index contributed by atoms with van der Waals surface area (Å²) in [6.45, 7) is 6.50. The minimum Gasteiger partial charge on any atom is -0.497 e. The molecule has 0 aliphatic carbocycles. The molecule has 2 aromatic carbocycles. The van der Waals surface area contributed by atoms with Crippen LogP contribution in [0.2, 0.25) is 0 Å². The van der Waals surface area contributed by atoms with Crippen molar-refractivity contribution in [1.29, 1.82) is 0 Å². The largest absolute Gasteiger partial charge is 0.497 e. The lowest BCUT2D eigenvalue weighted by molar-refractivity contribution is 0.275. The molecule has 0 atom stereocenters. The number of methoxy groups -OCH3 is 1. The summed E-state index contributed by atoms with van der Waals surface area (Å²) in [5, 5.41) is 12.6. The fourth-order valence-corrected chi connectivity index (χ4v) is 3.41. The number of ether oxygens (including phenoxy) is 1. The first kappa shape index (κ1) is 20.9. The number of aliphatic imine (C=N–C) groups is 1. The summed E-state index contributed by atoms with van der Waals surface area (Å²) in [5.74, 6) is 1.33. The molecule has 1 fully saturated rings. The van der Waals surface area contributed by atoms with Gasteiger partial charge in [-0.3, -0.25) is 0 Å². The molecule has 0 radical (unpaired) electrons. The summed E-state index contributed by atoms with van der Waals surface area (Å²) in [4.78, 5) is 9.33. The van der Waals surface area contributed by atoms with Gasteiger partial charge in [0.05, 0.1) is 20.3 Å². The topological polar surface area (TPSA) is 60.3 Å². The molecular weight excluding hydrogens is 371 g/mol. The maximum atomic E-state index is 13.6. The molecule has 1 aliphatic rings. The van der Waals surface area contributed by atoms with Crippen LogP contribution in [0.3, 0.4) is 0 Å². The summed E-state index contributed by atoms with van der Waals surface area (Å²) in [7, 11) is 1.67. The van der Waals surface area contributed by atoms with E-state index in [1.165, 1.54) is 11.8 Å². The molecule has 2 N–H and O–H groups in total. The van der Waals surface area contributed by atoms with Gasteiger partial charge in [-0.1, -0.05) is 6.07 Å². The van der Waals surface area contributed by atoms with Gasteiger partial charge in [-0.05, 0) is 48.9 Å². The molecule has 29 heavy (non-hydrogen) atoms. The zero-order chi connectivity index (χ0) is 20.6. The van der Waals surface area contributed by atoms with Gasteiger partial charge in [0.1, 0.15) is 11.6 Å². The van der Waals surface area contributed by atoms with Gasteiger partial charge in [0, 0.05) is 44.0 Å². The summed E-state index contributed by atoms with van der Waals surface area (Å²) in [5.41, 5.74) is 2.37. The standard InChI is InChI=1S/C22H29FN4O2/c1-3-24-22(25-15-17-4-9-21(23)18(14-17)16-28)27-12-10-26(11-13-27)19-5-7-20(29-2)8-6-19/h4-9,14,28H,3,10-13,15-16H2,1-2H3,(H,24,25). The van der Waals surface area contributed by atoms with Gasteiger partial charge in [0.25, 0.3) is 0 Å². The van der Waals surface area contributed by atoms with E-state index in [0.29, 0.717) is 12.1 Å². The molecule has 6 nitrogen and oxygen atoms in total. The van der Waals surface area contributed by atoms with Crippen LogP contribution < -0.4 is 15.0 Å². The van der Waals surface area contributed by atoms with E-state index in [9.17, 15) is 9.50 Å². The van der Waals surface area contributed by atoms with E-state index in [0.717, 1.165) is 50.0 Å². The second kappa shape index (κ2) is 10.1. The Hall–Kier alpha value is -2.80. The van der Waals surface area contributed by atoms with Crippen molar-refractivity contribution in [2.24, 2.45) is 4.99 Å². The van der Waals surface area contributed by atoms with Crippen molar-refractivity contribution in [3.05, 3.63) is 59.4 Å². The molecular formula is C22H29FN4O2. The Morgan fingerprint density at radius 1 is 1.14 bits per heavy atom. The molecule has 0 aromatic heterocycles. The van der Waals surface area contributed by atoms with Crippen LogP contribution in [0.25, 0.3) is 0 Å². The van der Waals surface area contributed by atoms with Gasteiger partial charge >= 0.3 is 0 Å². The van der Waals surface area contributed by atoms with E-state index in [1.54, 1.807) is 19.2 Å². The lowest BCUT2D eigenvalue weighted by Gasteiger charge is -2.37.